The molecule has 3 aromatic carbocycles. The molecule has 110 valence electrons. The van der Waals surface area contributed by atoms with Crippen LogP contribution in [0.3, 0.4) is 0 Å². The standard InChI is InChI=1S/C18H11N3S2/c1-10-16-14(20-23-21-16)9-15-17(10)22-18(19-15)13-7-6-11-4-2-3-5-12(11)8-13/h2-9H,1H3. The molecule has 0 aliphatic carbocycles. The van der Waals surface area contributed by atoms with E-state index in [0.29, 0.717) is 0 Å². The van der Waals surface area contributed by atoms with E-state index < -0.39 is 0 Å². The summed E-state index contributed by atoms with van der Waals surface area (Å²) in [6, 6.07) is 17.0. The highest BCUT2D eigenvalue weighted by Crippen LogP contribution is 2.36. The number of fused-ring (bicyclic) bond motifs is 3. The van der Waals surface area contributed by atoms with Crippen molar-refractivity contribution >= 4 is 55.1 Å². The van der Waals surface area contributed by atoms with Crippen LogP contribution in [0.5, 0.6) is 0 Å². The number of hydrogen-bond acceptors (Lipinski definition) is 5. The Morgan fingerprint density at radius 2 is 1.74 bits per heavy atom. The monoisotopic (exact) mass is 333 g/mol. The summed E-state index contributed by atoms with van der Waals surface area (Å²) in [5.74, 6) is 0. The summed E-state index contributed by atoms with van der Waals surface area (Å²) in [6.45, 7) is 2.11. The first-order valence-corrected chi connectivity index (χ1v) is 8.86. The highest BCUT2D eigenvalue weighted by molar-refractivity contribution is 7.22. The van der Waals surface area contributed by atoms with Crippen molar-refractivity contribution in [2.24, 2.45) is 0 Å². The van der Waals surface area contributed by atoms with E-state index in [-0.39, 0.29) is 0 Å². The van der Waals surface area contributed by atoms with Crippen LogP contribution in [0, 0.1) is 6.92 Å². The fourth-order valence-electron chi connectivity index (χ4n) is 2.93. The molecule has 0 saturated carbocycles. The summed E-state index contributed by atoms with van der Waals surface area (Å²) in [6.07, 6.45) is 0. The minimum absolute atomic E-state index is 0.940. The van der Waals surface area contributed by atoms with Gasteiger partial charge in [0.25, 0.3) is 0 Å². The summed E-state index contributed by atoms with van der Waals surface area (Å²) >= 11 is 2.99. The van der Waals surface area contributed by atoms with E-state index in [1.54, 1.807) is 11.3 Å². The Morgan fingerprint density at radius 3 is 2.65 bits per heavy atom. The quantitative estimate of drug-likeness (QED) is 0.410. The first-order chi connectivity index (χ1) is 11.3. The van der Waals surface area contributed by atoms with Gasteiger partial charge in [-0.15, -0.1) is 11.3 Å². The molecule has 0 aliphatic rings. The molecule has 0 saturated heterocycles. The van der Waals surface area contributed by atoms with Gasteiger partial charge in [-0.05, 0) is 35.4 Å². The molecule has 0 aliphatic heterocycles. The maximum atomic E-state index is 4.84. The van der Waals surface area contributed by atoms with Gasteiger partial charge in [0.1, 0.15) is 16.0 Å². The average Bonchev–Trinajstić information content (AvgIpc) is 3.21. The number of aryl methyl sites for hydroxylation is 1. The smallest absolute Gasteiger partial charge is 0.124 e. The van der Waals surface area contributed by atoms with Crippen LogP contribution in [-0.4, -0.2) is 13.7 Å². The van der Waals surface area contributed by atoms with Gasteiger partial charge in [0.05, 0.1) is 21.9 Å². The number of hydrogen-bond donors (Lipinski definition) is 0. The zero-order chi connectivity index (χ0) is 15.4. The molecule has 5 rings (SSSR count). The highest BCUT2D eigenvalue weighted by Gasteiger charge is 2.13. The third kappa shape index (κ3) is 1.97. The van der Waals surface area contributed by atoms with Crippen molar-refractivity contribution in [2.45, 2.75) is 6.92 Å². The van der Waals surface area contributed by atoms with Crippen LogP contribution < -0.4 is 0 Å². The molecule has 0 amide bonds. The number of aromatic nitrogens is 3. The van der Waals surface area contributed by atoms with E-state index in [1.165, 1.54) is 32.8 Å². The largest absolute Gasteiger partial charge is 0.236 e. The minimum atomic E-state index is 0.940. The Balaban J connectivity index is 1.76. The summed E-state index contributed by atoms with van der Waals surface area (Å²) in [5.41, 5.74) is 5.28. The van der Waals surface area contributed by atoms with Gasteiger partial charge in [-0.1, -0.05) is 36.4 Å². The maximum Gasteiger partial charge on any atom is 0.124 e. The van der Waals surface area contributed by atoms with Crippen molar-refractivity contribution in [2.75, 3.05) is 0 Å². The molecular weight excluding hydrogens is 322 g/mol. The second-order valence-electron chi connectivity index (χ2n) is 5.56. The van der Waals surface area contributed by atoms with E-state index in [2.05, 4.69) is 58.1 Å². The van der Waals surface area contributed by atoms with Gasteiger partial charge in [-0.2, -0.15) is 8.75 Å². The molecule has 3 nitrogen and oxygen atoms in total. The van der Waals surface area contributed by atoms with Crippen molar-refractivity contribution in [3.05, 3.63) is 54.1 Å². The molecule has 5 aromatic rings. The molecular formula is C18H11N3S2. The molecule has 2 aromatic heterocycles. The molecule has 0 fully saturated rings. The lowest BCUT2D eigenvalue weighted by atomic mass is 10.1. The van der Waals surface area contributed by atoms with Crippen LogP contribution in [-0.2, 0) is 0 Å². The zero-order valence-corrected chi connectivity index (χ0v) is 13.9. The fourth-order valence-corrected chi connectivity index (χ4v) is 4.55. The normalized spacial score (nSPS) is 11.7. The van der Waals surface area contributed by atoms with Gasteiger partial charge in [0, 0.05) is 5.56 Å². The van der Waals surface area contributed by atoms with E-state index in [1.807, 2.05) is 6.07 Å². The summed E-state index contributed by atoms with van der Waals surface area (Å²) < 4.78 is 9.95. The van der Waals surface area contributed by atoms with Gasteiger partial charge >= 0.3 is 0 Å². The predicted molar refractivity (Wildman–Crippen MR) is 98.3 cm³/mol. The van der Waals surface area contributed by atoms with Crippen LogP contribution in [0.2, 0.25) is 0 Å². The number of nitrogens with zero attached hydrogens (tertiary/aromatic N) is 3. The highest BCUT2D eigenvalue weighted by atomic mass is 32.1. The summed E-state index contributed by atoms with van der Waals surface area (Å²) in [7, 11) is 0. The van der Waals surface area contributed by atoms with Crippen LogP contribution in [0.15, 0.2) is 48.5 Å². The number of rotatable bonds is 1. The lowest BCUT2D eigenvalue weighted by Crippen LogP contribution is -1.79. The van der Waals surface area contributed by atoms with E-state index in [0.717, 1.165) is 27.1 Å². The van der Waals surface area contributed by atoms with Crippen LogP contribution in [0.25, 0.3) is 42.6 Å². The summed E-state index contributed by atoms with van der Waals surface area (Å²) in [4.78, 5) is 4.84. The molecule has 2 heterocycles. The lowest BCUT2D eigenvalue weighted by Gasteiger charge is -2.00. The molecule has 23 heavy (non-hydrogen) atoms. The van der Waals surface area contributed by atoms with Crippen molar-refractivity contribution in [1.29, 1.82) is 0 Å². The van der Waals surface area contributed by atoms with E-state index >= 15 is 0 Å². The Hall–Kier alpha value is -2.37. The number of benzene rings is 3. The number of thiazole rings is 1. The molecule has 0 atom stereocenters. The molecule has 5 heteroatoms. The fraction of sp³-hybridized carbons (Fsp3) is 0.0556. The third-order valence-corrected chi connectivity index (χ3v) is 5.92. The van der Waals surface area contributed by atoms with Crippen molar-refractivity contribution < 1.29 is 0 Å². The van der Waals surface area contributed by atoms with Crippen molar-refractivity contribution in [3.8, 4) is 10.6 Å². The molecule has 0 radical (unpaired) electrons. The van der Waals surface area contributed by atoms with E-state index in [9.17, 15) is 0 Å². The molecule has 0 unspecified atom stereocenters. The molecule has 0 N–H and O–H groups in total. The average molecular weight is 333 g/mol. The maximum absolute atomic E-state index is 4.84. The van der Waals surface area contributed by atoms with Gasteiger partial charge in [0.15, 0.2) is 0 Å². The zero-order valence-electron chi connectivity index (χ0n) is 12.3. The summed E-state index contributed by atoms with van der Waals surface area (Å²) in [5, 5.41) is 3.54. The predicted octanol–water partition coefficient (Wildman–Crippen LogP) is 5.43. The van der Waals surface area contributed by atoms with Gasteiger partial charge < -0.3 is 0 Å². The van der Waals surface area contributed by atoms with Gasteiger partial charge in [-0.25, -0.2) is 4.98 Å². The van der Waals surface area contributed by atoms with Crippen molar-refractivity contribution in [3.63, 3.8) is 0 Å². The molecule has 0 bridgehead atoms. The third-order valence-electron chi connectivity index (χ3n) is 4.13. The second-order valence-corrected chi connectivity index (χ2v) is 7.09. The first kappa shape index (κ1) is 13.1. The second kappa shape index (κ2) is 4.81. The first-order valence-electron chi connectivity index (χ1n) is 7.31. The van der Waals surface area contributed by atoms with Crippen molar-refractivity contribution in [1.82, 2.24) is 13.7 Å². The minimum Gasteiger partial charge on any atom is -0.236 e. The lowest BCUT2D eigenvalue weighted by molar-refractivity contribution is 1.47. The Bertz CT molecular complexity index is 1190. The van der Waals surface area contributed by atoms with Crippen LogP contribution in [0.1, 0.15) is 5.56 Å². The van der Waals surface area contributed by atoms with Crippen LogP contribution >= 0.6 is 23.1 Å². The molecule has 0 spiro atoms. The van der Waals surface area contributed by atoms with Crippen LogP contribution in [0.4, 0.5) is 0 Å². The Kier molecular flexibility index (Phi) is 2.74. The Labute approximate surface area is 140 Å². The SMILES string of the molecule is Cc1c2nsnc2cc2nc(-c3ccc4ccccc4c3)sc12. The van der Waals surface area contributed by atoms with Gasteiger partial charge in [-0.3, -0.25) is 0 Å². The van der Waals surface area contributed by atoms with Gasteiger partial charge in [0.2, 0.25) is 0 Å². The Morgan fingerprint density at radius 1 is 0.870 bits per heavy atom. The topological polar surface area (TPSA) is 38.7 Å². The van der Waals surface area contributed by atoms with E-state index in [4.69, 9.17) is 4.98 Å².